The van der Waals surface area contributed by atoms with Crippen molar-refractivity contribution in [3.63, 3.8) is 0 Å². The maximum atomic E-state index is 12.3. The Morgan fingerprint density at radius 3 is 1.94 bits per heavy atom. The molecule has 10 heteroatoms. The second-order valence-corrected chi connectivity index (χ2v) is 3.28. The summed E-state index contributed by atoms with van der Waals surface area (Å²) >= 11 is 0. The lowest BCUT2D eigenvalue weighted by molar-refractivity contribution is -0.258. The molecule has 1 rings (SSSR count). The van der Waals surface area contributed by atoms with Crippen LogP contribution in [0.3, 0.4) is 0 Å². The zero-order chi connectivity index (χ0) is 14.3. The number of hydrogen-bond acceptors (Lipinski definition) is 3. The summed E-state index contributed by atoms with van der Waals surface area (Å²) in [5, 5.41) is 8.48. The molecule has 0 aliphatic heterocycles. The molecule has 1 aromatic rings. The summed E-state index contributed by atoms with van der Waals surface area (Å²) < 4.78 is 77.8. The molecule has 0 aliphatic carbocycles. The topological polar surface area (TPSA) is 63.3 Å². The number of carboxylic acids is 1. The summed E-state index contributed by atoms with van der Waals surface area (Å²) in [7, 11) is 0. The van der Waals surface area contributed by atoms with Crippen molar-refractivity contribution in [2.75, 3.05) is 0 Å². The van der Waals surface area contributed by atoms with Gasteiger partial charge in [-0.15, -0.1) is 0 Å². The van der Waals surface area contributed by atoms with Crippen molar-refractivity contribution in [1.29, 1.82) is 0 Å². The Bertz CT molecular complexity index is 446. The first-order chi connectivity index (χ1) is 7.94. The molecule has 0 saturated carbocycles. The predicted octanol–water partition coefficient (Wildman–Crippen LogP) is 2.89. The number of carbonyl (C=O) groups is 1. The summed E-state index contributed by atoms with van der Waals surface area (Å²) in [5.41, 5.74) is -0.983. The number of rotatable bonds is 2. The second-order valence-electron chi connectivity index (χ2n) is 3.28. The van der Waals surface area contributed by atoms with Crippen LogP contribution in [0.15, 0.2) is 4.42 Å². The number of carboxylic acid groups (broad SMARTS) is 1. The minimum atomic E-state index is -5.68. The minimum Gasteiger partial charge on any atom is -0.476 e. The Balaban J connectivity index is 3.32. The Morgan fingerprint density at radius 1 is 1.22 bits per heavy atom. The maximum absolute atomic E-state index is 12.3. The van der Waals surface area contributed by atoms with E-state index in [2.05, 4.69) is 9.40 Å². The molecule has 0 fully saturated rings. The van der Waals surface area contributed by atoms with Crippen LogP contribution < -0.4 is 0 Å². The zero-order valence-corrected chi connectivity index (χ0v) is 8.56. The highest BCUT2D eigenvalue weighted by molar-refractivity contribution is 5.86. The van der Waals surface area contributed by atoms with Gasteiger partial charge < -0.3 is 9.52 Å². The number of aromatic carboxylic acids is 1. The quantitative estimate of drug-likeness (QED) is 0.844. The normalized spacial score (nSPS) is 13.1. The van der Waals surface area contributed by atoms with Crippen molar-refractivity contribution < 1.29 is 40.7 Å². The lowest BCUT2D eigenvalue weighted by atomic mass is 10.1. The van der Waals surface area contributed by atoms with Crippen molar-refractivity contribution in [3.8, 4) is 0 Å². The Hall–Kier alpha value is -1.74. The first-order valence-electron chi connectivity index (χ1n) is 4.28. The van der Waals surface area contributed by atoms with E-state index in [0.29, 0.717) is 0 Å². The van der Waals surface area contributed by atoms with Gasteiger partial charge in [0.15, 0.2) is 5.69 Å². The van der Waals surface area contributed by atoms with Crippen LogP contribution in [-0.4, -0.2) is 28.4 Å². The minimum absolute atomic E-state index is 0.629. The van der Waals surface area contributed by atoms with Crippen LogP contribution in [-0.2, 0) is 0 Å². The van der Waals surface area contributed by atoms with Crippen LogP contribution in [0.5, 0.6) is 0 Å². The lowest BCUT2D eigenvalue weighted by Gasteiger charge is -2.19. The van der Waals surface area contributed by atoms with Crippen LogP contribution >= 0.6 is 0 Å². The fraction of sp³-hybridized carbons (Fsp3) is 0.500. The van der Waals surface area contributed by atoms with Gasteiger partial charge in [0.1, 0.15) is 5.76 Å². The van der Waals surface area contributed by atoms with Gasteiger partial charge in [-0.25, -0.2) is 9.78 Å². The Kier molecular flexibility index (Phi) is 3.32. The van der Waals surface area contributed by atoms with Gasteiger partial charge in [-0.05, 0) is 6.92 Å². The molecule has 0 amide bonds. The number of aryl methyl sites for hydroxylation is 1. The van der Waals surface area contributed by atoms with Crippen LogP contribution in [0.1, 0.15) is 28.1 Å². The van der Waals surface area contributed by atoms with Gasteiger partial charge in [0.25, 0.3) is 0 Å². The average Bonchev–Trinajstić information content (AvgIpc) is 2.41. The smallest absolute Gasteiger partial charge is 0.409 e. The largest absolute Gasteiger partial charge is 0.476 e. The van der Waals surface area contributed by atoms with Gasteiger partial charge >= 0.3 is 18.3 Å². The van der Waals surface area contributed by atoms with E-state index in [1.54, 1.807) is 0 Å². The molecule has 0 atom stereocenters. The molecular weight excluding hydrogens is 272 g/mol. The molecule has 0 aromatic carbocycles. The molecule has 0 bridgehead atoms. The fourth-order valence-electron chi connectivity index (χ4n) is 1.20. The fourth-order valence-corrected chi connectivity index (χ4v) is 1.20. The van der Waals surface area contributed by atoms with Crippen molar-refractivity contribution in [2.24, 2.45) is 0 Å². The molecule has 102 valence electrons. The van der Waals surface area contributed by atoms with Crippen molar-refractivity contribution in [2.45, 2.75) is 25.2 Å². The number of nitrogens with zero attached hydrogens (tertiary/aromatic N) is 1. The van der Waals surface area contributed by atoms with Crippen molar-refractivity contribution in [1.82, 2.24) is 4.98 Å². The van der Waals surface area contributed by atoms with E-state index in [1.807, 2.05) is 0 Å². The molecule has 0 radical (unpaired) electrons. The monoisotopic (exact) mass is 277 g/mol. The summed E-state index contributed by atoms with van der Waals surface area (Å²) in [6.45, 7) is 0.907. The molecule has 18 heavy (non-hydrogen) atoms. The average molecular weight is 277 g/mol. The molecule has 1 heterocycles. The van der Waals surface area contributed by atoms with E-state index in [0.717, 1.165) is 6.92 Å². The third kappa shape index (κ3) is 2.74. The summed E-state index contributed by atoms with van der Waals surface area (Å²) in [4.78, 5) is 13.2. The van der Waals surface area contributed by atoms with E-state index in [-0.39, 0.29) is 0 Å². The predicted molar refractivity (Wildman–Crippen MR) is 43.1 cm³/mol. The van der Waals surface area contributed by atoms with E-state index >= 15 is 0 Å². The summed E-state index contributed by atoms with van der Waals surface area (Å²) in [5.74, 6) is -8.08. The van der Waals surface area contributed by atoms with Gasteiger partial charge in [0.05, 0.1) is 0 Å². The number of oxazole rings is 1. The van der Waals surface area contributed by atoms with Crippen molar-refractivity contribution in [3.05, 3.63) is 17.3 Å². The van der Waals surface area contributed by atoms with Gasteiger partial charge in [0.2, 0.25) is 11.8 Å². The molecule has 0 aliphatic rings. The molecule has 1 N–H and O–H groups in total. The first-order valence-corrected chi connectivity index (χ1v) is 4.28. The molecule has 1 aromatic heterocycles. The molecule has 0 saturated heterocycles. The Labute approximate surface area is 95.2 Å². The third-order valence-corrected chi connectivity index (χ3v) is 1.92. The zero-order valence-electron chi connectivity index (χ0n) is 8.56. The van der Waals surface area contributed by atoms with E-state index < -0.39 is 41.6 Å². The van der Waals surface area contributed by atoms with Crippen LogP contribution in [0.4, 0.5) is 26.3 Å². The van der Waals surface area contributed by atoms with Crippen LogP contribution in [0.25, 0.3) is 0 Å². The van der Waals surface area contributed by atoms with E-state index in [9.17, 15) is 31.1 Å². The summed E-state index contributed by atoms with van der Waals surface area (Å²) in [6.07, 6.45) is -11.4. The highest BCUT2D eigenvalue weighted by atomic mass is 19.4. The van der Waals surface area contributed by atoms with E-state index in [1.165, 1.54) is 0 Å². The Morgan fingerprint density at radius 2 is 1.67 bits per heavy atom. The molecular formula is C8H5F6NO3. The lowest BCUT2D eigenvalue weighted by Crippen LogP contribution is -2.34. The van der Waals surface area contributed by atoms with Gasteiger partial charge in [-0.2, -0.15) is 26.3 Å². The van der Waals surface area contributed by atoms with E-state index in [4.69, 9.17) is 5.11 Å². The third-order valence-electron chi connectivity index (χ3n) is 1.92. The van der Waals surface area contributed by atoms with Crippen molar-refractivity contribution >= 4 is 5.97 Å². The van der Waals surface area contributed by atoms with Gasteiger partial charge in [-0.1, -0.05) is 0 Å². The highest BCUT2D eigenvalue weighted by Crippen LogP contribution is 2.46. The van der Waals surface area contributed by atoms with Gasteiger partial charge in [0, 0.05) is 0 Å². The van der Waals surface area contributed by atoms with Crippen LogP contribution in [0, 0.1) is 6.92 Å². The number of hydrogen-bond donors (Lipinski definition) is 1. The number of aromatic nitrogens is 1. The maximum Gasteiger partial charge on any atom is 0.409 e. The number of halogens is 6. The summed E-state index contributed by atoms with van der Waals surface area (Å²) in [6, 6.07) is 0. The SMILES string of the molecule is Cc1oc(C(C(F)(F)F)C(F)(F)F)nc1C(=O)O. The standard InChI is InChI=1S/C8H5F6NO3/c1-2-3(6(16)17)15-5(18-2)4(7(9,10)11)8(12,13)14/h4H,1H3,(H,16,17). The van der Waals surface area contributed by atoms with Gasteiger partial charge in [-0.3, -0.25) is 0 Å². The number of alkyl halides is 6. The first kappa shape index (κ1) is 14.3. The molecule has 0 spiro atoms. The molecule has 0 unspecified atom stereocenters. The van der Waals surface area contributed by atoms with Crippen LogP contribution in [0.2, 0.25) is 0 Å². The second kappa shape index (κ2) is 4.18. The molecule has 4 nitrogen and oxygen atoms in total. The highest BCUT2D eigenvalue weighted by Gasteiger charge is 2.60.